The van der Waals surface area contributed by atoms with E-state index in [1.165, 1.54) is 0 Å². The van der Waals surface area contributed by atoms with Crippen LogP contribution in [0.25, 0.3) is 0 Å². The Morgan fingerprint density at radius 2 is 2.12 bits per heavy atom. The van der Waals surface area contributed by atoms with Gasteiger partial charge in [-0.2, -0.15) is 0 Å². The molecular weight excluding hydrogens is 235 g/mol. The first-order valence-electron chi connectivity index (χ1n) is 5.23. The number of rotatable bonds is 5. The molecule has 1 heterocycles. The van der Waals surface area contributed by atoms with Gasteiger partial charge in [0.2, 0.25) is 0 Å². The van der Waals surface area contributed by atoms with Crippen molar-refractivity contribution in [2.75, 3.05) is 13.0 Å². The van der Waals surface area contributed by atoms with Crippen LogP contribution >= 0.6 is 7.60 Å². The normalized spacial score (nSPS) is 31.2. The largest absolute Gasteiger partial charge is 0.373 e. The summed E-state index contributed by atoms with van der Waals surface area (Å²) in [6, 6.07) is 0. The molecule has 96 valence electrons. The lowest BCUT2D eigenvalue weighted by Crippen LogP contribution is -2.36. The van der Waals surface area contributed by atoms with Crippen LogP contribution in [0.1, 0.15) is 20.8 Å². The van der Waals surface area contributed by atoms with Gasteiger partial charge in [0.15, 0.2) is 0 Å². The molecule has 0 unspecified atom stereocenters. The molecule has 0 amide bonds. The van der Waals surface area contributed by atoms with E-state index < -0.39 is 20.0 Å². The molecule has 6 nitrogen and oxygen atoms in total. The molecule has 0 radical (unpaired) electrons. The number of hydrogen-bond donors (Lipinski definition) is 2. The van der Waals surface area contributed by atoms with E-state index in [9.17, 15) is 4.57 Å². The second kappa shape index (κ2) is 5.58. The highest BCUT2D eigenvalue weighted by Crippen LogP contribution is 2.35. The van der Waals surface area contributed by atoms with Crippen LogP contribution in [0.4, 0.5) is 0 Å². The summed E-state index contributed by atoms with van der Waals surface area (Å²) in [5, 5.41) is 0. The Hall–Kier alpha value is 0.0300. The van der Waals surface area contributed by atoms with E-state index in [-0.39, 0.29) is 18.3 Å². The predicted molar refractivity (Wildman–Crippen MR) is 57.2 cm³/mol. The third kappa shape index (κ3) is 4.49. The van der Waals surface area contributed by atoms with Crippen LogP contribution in [-0.4, -0.2) is 47.2 Å². The number of ether oxygens (including phenoxy) is 3. The van der Waals surface area contributed by atoms with Gasteiger partial charge in [-0.15, -0.1) is 0 Å². The Morgan fingerprint density at radius 1 is 1.50 bits per heavy atom. The second-order valence-electron chi connectivity index (χ2n) is 4.19. The van der Waals surface area contributed by atoms with E-state index in [0.29, 0.717) is 6.61 Å². The minimum absolute atomic E-state index is 0.0234. The number of hydrogen-bond acceptors (Lipinski definition) is 4. The molecule has 7 heteroatoms. The van der Waals surface area contributed by atoms with E-state index in [2.05, 4.69) is 0 Å². The lowest BCUT2D eigenvalue weighted by Gasteiger charge is -2.23. The maximum atomic E-state index is 10.7. The van der Waals surface area contributed by atoms with Crippen molar-refractivity contribution in [1.29, 1.82) is 0 Å². The fourth-order valence-electron chi connectivity index (χ4n) is 1.59. The average molecular weight is 254 g/mol. The van der Waals surface area contributed by atoms with Gasteiger partial charge >= 0.3 is 7.60 Å². The molecule has 3 atom stereocenters. The zero-order chi connectivity index (χ0) is 12.3. The van der Waals surface area contributed by atoms with Gasteiger partial charge in [-0.25, -0.2) is 0 Å². The Kier molecular flexibility index (Phi) is 4.91. The molecule has 1 rings (SSSR count). The Morgan fingerprint density at radius 3 is 2.62 bits per heavy atom. The predicted octanol–water partition coefficient (Wildman–Crippen LogP) is 0.719. The minimum Gasteiger partial charge on any atom is -0.373 e. The van der Waals surface area contributed by atoms with Crippen LogP contribution in [0.5, 0.6) is 0 Å². The van der Waals surface area contributed by atoms with Gasteiger partial charge in [0.05, 0.1) is 18.8 Å². The smallest absolute Gasteiger partial charge is 0.350 e. The summed E-state index contributed by atoms with van der Waals surface area (Å²) in [6.45, 7) is 5.95. The molecular formula is C9H19O6P. The van der Waals surface area contributed by atoms with E-state index in [1.54, 1.807) is 0 Å². The first kappa shape index (κ1) is 14.1. The van der Waals surface area contributed by atoms with Crippen LogP contribution in [-0.2, 0) is 18.8 Å². The summed E-state index contributed by atoms with van der Waals surface area (Å²) in [6.07, 6.45) is -1.37. The van der Waals surface area contributed by atoms with E-state index in [1.807, 2.05) is 20.8 Å². The van der Waals surface area contributed by atoms with Crippen LogP contribution in [0.3, 0.4) is 0 Å². The van der Waals surface area contributed by atoms with Crippen molar-refractivity contribution in [3.8, 4) is 0 Å². The Balaban J connectivity index is 2.48. The third-order valence-electron chi connectivity index (χ3n) is 2.24. The molecule has 2 N–H and O–H groups in total. The summed E-state index contributed by atoms with van der Waals surface area (Å²) >= 11 is 0. The zero-order valence-electron chi connectivity index (χ0n) is 9.70. The maximum absolute atomic E-state index is 10.7. The topological polar surface area (TPSA) is 85.2 Å². The molecule has 0 bridgehead atoms. The van der Waals surface area contributed by atoms with Crippen LogP contribution in [0.2, 0.25) is 0 Å². The van der Waals surface area contributed by atoms with Crippen LogP contribution in [0, 0.1) is 0 Å². The highest BCUT2D eigenvalue weighted by Gasteiger charge is 2.37. The molecule has 0 spiro atoms. The second-order valence-corrected chi connectivity index (χ2v) is 5.77. The lowest BCUT2D eigenvalue weighted by molar-refractivity contribution is -0.0757. The fraction of sp³-hybridized carbons (Fsp3) is 1.00. The molecule has 0 aliphatic carbocycles. The van der Waals surface area contributed by atoms with Gasteiger partial charge < -0.3 is 24.0 Å². The Labute approximate surface area is 95.0 Å². The summed E-state index contributed by atoms with van der Waals surface area (Å²) < 4.78 is 26.8. The molecule has 0 aromatic heterocycles. The molecule has 1 saturated heterocycles. The maximum Gasteiger partial charge on any atom is 0.350 e. The SMILES string of the molecule is CC(C)O[C@H]1[C@H](C)OC[C@@H]1OCP(=O)(O)O. The summed E-state index contributed by atoms with van der Waals surface area (Å²) in [5.74, 6) is 0. The van der Waals surface area contributed by atoms with Crippen LogP contribution in [0.15, 0.2) is 0 Å². The molecule has 0 aromatic carbocycles. The highest BCUT2D eigenvalue weighted by atomic mass is 31.2. The van der Waals surface area contributed by atoms with Crippen molar-refractivity contribution >= 4 is 7.60 Å². The molecule has 0 saturated carbocycles. The van der Waals surface area contributed by atoms with Crippen molar-refractivity contribution in [2.24, 2.45) is 0 Å². The first-order valence-corrected chi connectivity index (χ1v) is 7.02. The molecule has 1 fully saturated rings. The van der Waals surface area contributed by atoms with Crippen molar-refractivity contribution in [2.45, 2.75) is 45.2 Å². The van der Waals surface area contributed by atoms with Crippen LogP contribution < -0.4 is 0 Å². The van der Waals surface area contributed by atoms with Crippen molar-refractivity contribution < 1.29 is 28.6 Å². The van der Waals surface area contributed by atoms with Gasteiger partial charge in [-0.3, -0.25) is 4.57 Å². The van der Waals surface area contributed by atoms with E-state index in [4.69, 9.17) is 24.0 Å². The van der Waals surface area contributed by atoms with Crippen molar-refractivity contribution in [1.82, 2.24) is 0 Å². The van der Waals surface area contributed by atoms with E-state index >= 15 is 0 Å². The molecule has 1 aliphatic heterocycles. The monoisotopic (exact) mass is 254 g/mol. The average Bonchev–Trinajstić information content (AvgIpc) is 2.43. The first-order chi connectivity index (χ1) is 7.29. The molecule has 16 heavy (non-hydrogen) atoms. The molecule has 0 aromatic rings. The molecule has 1 aliphatic rings. The van der Waals surface area contributed by atoms with Gasteiger partial charge in [0.25, 0.3) is 0 Å². The minimum atomic E-state index is -4.13. The third-order valence-corrected chi connectivity index (χ3v) is 2.72. The quantitative estimate of drug-likeness (QED) is 0.703. The fourth-order valence-corrected chi connectivity index (χ4v) is 1.97. The lowest BCUT2D eigenvalue weighted by atomic mass is 10.1. The summed E-state index contributed by atoms with van der Waals surface area (Å²) in [4.78, 5) is 17.4. The van der Waals surface area contributed by atoms with Gasteiger partial charge in [0.1, 0.15) is 18.6 Å². The summed E-state index contributed by atoms with van der Waals surface area (Å²) in [5.41, 5.74) is 0. The standard InChI is InChI=1S/C9H19O6P/c1-6(2)15-9-7(3)13-4-8(9)14-5-16(10,11)12/h6-9H,4-5H2,1-3H3,(H2,10,11,12)/t7-,8-,9-/m0/s1. The van der Waals surface area contributed by atoms with E-state index in [0.717, 1.165) is 0 Å². The van der Waals surface area contributed by atoms with Crippen molar-refractivity contribution in [3.63, 3.8) is 0 Å². The van der Waals surface area contributed by atoms with Gasteiger partial charge in [0, 0.05) is 0 Å². The van der Waals surface area contributed by atoms with Gasteiger partial charge in [-0.05, 0) is 20.8 Å². The summed E-state index contributed by atoms with van der Waals surface area (Å²) in [7, 11) is -4.13. The van der Waals surface area contributed by atoms with Crippen molar-refractivity contribution in [3.05, 3.63) is 0 Å². The highest BCUT2D eigenvalue weighted by molar-refractivity contribution is 7.51. The van der Waals surface area contributed by atoms with Gasteiger partial charge in [-0.1, -0.05) is 0 Å². The Bertz CT molecular complexity index is 263. The zero-order valence-corrected chi connectivity index (χ0v) is 10.6.